The van der Waals surface area contributed by atoms with Crippen LogP contribution in [0.2, 0.25) is 0 Å². The predicted molar refractivity (Wildman–Crippen MR) is 136 cm³/mol. The number of carboxylic acid groups (broad SMARTS) is 1. The standard InChI is InChI=1S/C29H21F5N2O5/c1-15(2)41-21-6-16(7-27(37)38)5-18(8-21)19-9-26(40-14-19)25-11-23(29(32,33)34)22(12-35)28(39)36(25)13-17-3-4-20(30)10-24(17)31/h3-6,8-11,14-15H,7,13H2,1-2H3,(H,37,38). The van der Waals surface area contributed by atoms with Crippen LogP contribution in [0.15, 0.2) is 64.0 Å². The second-order valence-electron chi connectivity index (χ2n) is 9.36. The van der Waals surface area contributed by atoms with Gasteiger partial charge >= 0.3 is 12.1 Å². The van der Waals surface area contributed by atoms with E-state index in [9.17, 15) is 41.9 Å². The number of carbonyl (C=O) groups is 1. The first kappa shape index (κ1) is 29.1. The fourth-order valence-electron chi connectivity index (χ4n) is 4.23. The summed E-state index contributed by atoms with van der Waals surface area (Å²) in [6.07, 6.45) is -4.47. The lowest BCUT2D eigenvalue weighted by Crippen LogP contribution is -2.29. The molecule has 2 aromatic heterocycles. The van der Waals surface area contributed by atoms with Crippen molar-refractivity contribution < 1.29 is 41.0 Å². The van der Waals surface area contributed by atoms with Gasteiger partial charge in [-0.1, -0.05) is 12.1 Å². The molecule has 12 heteroatoms. The van der Waals surface area contributed by atoms with Crippen LogP contribution < -0.4 is 10.3 Å². The van der Waals surface area contributed by atoms with E-state index in [1.165, 1.54) is 24.5 Å². The third kappa shape index (κ3) is 6.46. The molecule has 4 rings (SSSR count). The van der Waals surface area contributed by atoms with Crippen molar-refractivity contribution in [1.82, 2.24) is 4.57 Å². The van der Waals surface area contributed by atoms with E-state index < -0.39 is 52.7 Å². The van der Waals surface area contributed by atoms with Crippen LogP contribution in [0.25, 0.3) is 22.6 Å². The van der Waals surface area contributed by atoms with E-state index in [0.717, 1.165) is 16.7 Å². The number of hydrogen-bond acceptors (Lipinski definition) is 5. The number of nitrogens with zero attached hydrogens (tertiary/aromatic N) is 2. The third-order valence-electron chi connectivity index (χ3n) is 5.94. The van der Waals surface area contributed by atoms with Crippen LogP contribution in [-0.4, -0.2) is 21.7 Å². The highest BCUT2D eigenvalue weighted by molar-refractivity contribution is 5.74. The van der Waals surface area contributed by atoms with Gasteiger partial charge in [0, 0.05) is 17.2 Å². The van der Waals surface area contributed by atoms with Gasteiger partial charge in [0.15, 0.2) is 5.76 Å². The molecule has 0 saturated heterocycles. The number of rotatable bonds is 8. The first-order valence-corrected chi connectivity index (χ1v) is 12.1. The minimum absolute atomic E-state index is 0.220. The van der Waals surface area contributed by atoms with Gasteiger partial charge in [-0.25, -0.2) is 8.78 Å². The van der Waals surface area contributed by atoms with Crippen molar-refractivity contribution in [2.24, 2.45) is 0 Å². The number of furan rings is 1. The quantitative estimate of drug-likeness (QED) is 0.245. The van der Waals surface area contributed by atoms with Crippen LogP contribution in [0, 0.1) is 23.0 Å². The van der Waals surface area contributed by atoms with Gasteiger partial charge in [-0.05, 0) is 55.3 Å². The molecule has 0 spiro atoms. The summed E-state index contributed by atoms with van der Waals surface area (Å²) in [5.41, 5.74) is -3.59. The Balaban J connectivity index is 1.90. The molecular formula is C29H21F5N2O5. The number of nitriles is 1. The van der Waals surface area contributed by atoms with Gasteiger partial charge in [0.05, 0.1) is 36.6 Å². The molecule has 0 unspecified atom stereocenters. The Bertz CT molecular complexity index is 1730. The average molecular weight is 572 g/mol. The summed E-state index contributed by atoms with van der Waals surface area (Å²) in [5.74, 6) is -2.93. The van der Waals surface area contributed by atoms with E-state index in [0.29, 0.717) is 34.6 Å². The fraction of sp³-hybridized carbons (Fsp3) is 0.207. The van der Waals surface area contributed by atoms with Gasteiger partial charge < -0.3 is 14.3 Å². The lowest BCUT2D eigenvalue weighted by atomic mass is 10.0. The van der Waals surface area contributed by atoms with Crippen LogP contribution in [0.3, 0.4) is 0 Å². The number of aliphatic carboxylic acids is 1. The van der Waals surface area contributed by atoms with Crippen molar-refractivity contribution in [1.29, 1.82) is 5.26 Å². The molecule has 4 aromatic rings. The van der Waals surface area contributed by atoms with Crippen LogP contribution in [0.1, 0.15) is 36.1 Å². The number of carboxylic acids is 1. The highest BCUT2D eigenvalue weighted by Crippen LogP contribution is 2.36. The molecule has 0 aliphatic carbocycles. The summed E-state index contributed by atoms with van der Waals surface area (Å²) in [5, 5.41) is 18.6. The molecule has 2 aromatic carbocycles. The van der Waals surface area contributed by atoms with Crippen molar-refractivity contribution in [3.05, 3.63) is 99.0 Å². The van der Waals surface area contributed by atoms with E-state index in [1.807, 2.05) is 0 Å². The Labute approximate surface area is 229 Å². The number of pyridine rings is 1. The summed E-state index contributed by atoms with van der Waals surface area (Å²) in [4.78, 5) is 24.5. The molecule has 0 atom stereocenters. The summed E-state index contributed by atoms with van der Waals surface area (Å²) in [6, 6.07) is 10.3. The molecule has 41 heavy (non-hydrogen) atoms. The minimum Gasteiger partial charge on any atom is -0.491 e. The van der Waals surface area contributed by atoms with Gasteiger partial charge in [-0.3, -0.25) is 14.2 Å². The topological polar surface area (TPSA) is 105 Å². The second kappa shape index (κ2) is 11.3. The second-order valence-corrected chi connectivity index (χ2v) is 9.36. The number of aromatic nitrogens is 1. The highest BCUT2D eigenvalue weighted by Gasteiger charge is 2.37. The Kier molecular flexibility index (Phi) is 8.00. The zero-order valence-electron chi connectivity index (χ0n) is 21.6. The number of alkyl halides is 3. The summed E-state index contributed by atoms with van der Waals surface area (Å²) >= 11 is 0. The number of hydrogen-bond donors (Lipinski definition) is 1. The van der Waals surface area contributed by atoms with Gasteiger partial charge in [0.1, 0.15) is 29.0 Å². The van der Waals surface area contributed by atoms with E-state index in [2.05, 4.69) is 0 Å². The van der Waals surface area contributed by atoms with Crippen LogP contribution in [-0.2, 0) is 23.9 Å². The third-order valence-corrected chi connectivity index (χ3v) is 5.94. The average Bonchev–Trinajstić information content (AvgIpc) is 3.35. The zero-order valence-corrected chi connectivity index (χ0v) is 21.6. The van der Waals surface area contributed by atoms with E-state index in [-0.39, 0.29) is 23.8 Å². The van der Waals surface area contributed by atoms with Crippen molar-refractivity contribution in [2.75, 3.05) is 0 Å². The minimum atomic E-state index is -5.08. The number of halogens is 5. The molecule has 0 radical (unpaired) electrons. The molecule has 0 saturated carbocycles. The van der Waals surface area contributed by atoms with E-state index in [4.69, 9.17) is 9.15 Å². The normalized spacial score (nSPS) is 11.5. The smallest absolute Gasteiger partial charge is 0.417 e. The SMILES string of the molecule is CC(C)Oc1cc(CC(=O)O)cc(-c2coc(-c3cc(C(F)(F)F)c(C#N)c(=O)n3Cc3ccc(F)cc3F)c2)c1. The highest BCUT2D eigenvalue weighted by atomic mass is 19.4. The van der Waals surface area contributed by atoms with Gasteiger partial charge in [0.25, 0.3) is 5.56 Å². The molecule has 2 heterocycles. The van der Waals surface area contributed by atoms with Crippen molar-refractivity contribution in [2.45, 2.75) is 39.1 Å². The largest absolute Gasteiger partial charge is 0.491 e. The molecule has 212 valence electrons. The maximum Gasteiger partial charge on any atom is 0.417 e. The van der Waals surface area contributed by atoms with Crippen molar-refractivity contribution >= 4 is 5.97 Å². The summed E-state index contributed by atoms with van der Waals surface area (Å²) in [7, 11) is 0. The van der Waals surface area contributed by atoms with Crippen LogP contribution in [0.4, 0.5) is 22.0 Å². The molecule has 0 aliphatic heterocycles. The monoisotopic (exact) mass is 572 g/mol. The predicted octanol–water partition coefficient (Wildman–Crippen LogP) is 6.41. The molecule has 1 N–H and O–H groups in total. The van der Waals surface area contributed by atoms with Crippen LogP contribution >= 0.6 is 0 Å². The fourth-order valence-corrected chi connectivity index (χ4v) is 4.23. The first-order valence-electron chi connectivity index (χ1n) is 12.1. The lowest BCUT2D eigenvalue weighted by Gasteiger charge is -2.16. The maximum absolute atomic E-state index is 14.5. The molecule has 7 nitrogen and oxygen atoms in total. The molecule has 0 aliphatic rings. The Morgan fingerprint density at radius 1 is 1.10 bits per heavy atom. The van der Waals surface area contributed by atoms with E-state index >= 15 is 0 Å². The van der Waals surface area contributed by atoms with Crippen molar-refractivity contribution in [3.63, 3.8) is 0 Å². The number of benzene rings is 2. The van der Waals surface area contributed by atoms with Gasteiger partial charge in [0.2, 0.25) is 0 Å². The Morgan fingerprint density at radius 2 is 1.83 bits per heavy atom. The Hall–Kier alpha value is -4.92. The Morgan fingerprint density at radius 3 is 2.44 bits per heavy atom. The van der Waals surface area contributed by atoms with Gasteiger partial charge in [-0.2, -0.15) is 18.4 Å². The van der Waals surface area contributed by atoms with Crippen molar-refractivity contribution in [3.8, 4) is 34.4 Å². The molecule has 0 fully saturated rings. The number of ether oxygens (including phenoxy) is 1. The molecule has 0 amide bonds. The molecular weight excluding hydrogens is 551 g/mol. The van der Waals surface area contributed by atoms with E-state index in [1.54, 1.807) is 26.0 Å². The maximum atomic E-state index is 14.5. The first-order chi connectivity index (χ1) is 19.3. The van der Waals surface area contributed by atoms with Gasteiger partial charge in [-0.15, -0.1) is 0 Å². The van der Waals surface area contributed by atoms with Crippen LogP contribution in [0.5, 0.6) is 5.75 Å². The molecule has 0 bridgehead atoms. The lowest BCUT2D eigenvalue weighted by molar-refractivity contribution is -0.138. The zero-order chi connectivity index (χ0) is 30.1. The summed E-state index contributed by atoms with van der Waals surface area (Å²) in [6.45, 7) is 2.90. The summed E-state index contributed by atoms with van der Waals surface area (Å²) < 4.78 is 81.4.